The molecule has 4 nitrogen and oxygen atoms in total. The first-order chi connectivity index (χ1) is 8.08. The van der Waals surface area contributed by atoms with Crippen LogP contribution in [0.5, 0.6) is 0 Å². The van der Waals surface area contributed by atoms with Gasteiger partial charge in [-0.3, -0.25) is 4.79 Å². The van der Waals surface area contributed by atoms with E-state index in [0.717, 1.165) is 31.4 Å². The van der Waals surface area contributed by atoms with E-state index >= 15 is 0 Å². The summed E-state index contributed by atoms with van der Waals surface area (Å²) in [5, 5.41) is 11.4. The summed E-state index contributed by atoms with van der Waals surface area (Å²) in [7, 11) is 0. The highest BCUT2D eigenvalue weighted by Gasteiger charge is 2.26. The standard InChI is InChI=1S/C12H12FNO3/c13-8-4-5-10(9(6-8)12(16)17)14-11(15)7-2-1-3-7/h4-7H,1-3H2,(H,14,15)(H,16,17). The number of amides is 1. The number of anilines is 1. The lowest BCUT2D eigenvalue weighted by molar-refractivity contribution is -0.122. The molecule has 0 bridgehead atoms. The number of carboxylic acid groups (broad SMARTS) is 1. The van der Waals surface area contributed by atoms with Crippen molar-refractivity contribution < 1.29 is 19.1 Å². The zero-order valence-corrected chi connectivity index (χ0v) is 9.07. The Balaban J connectivity index is 2.19. The summed E-state index contributed by atoms with van der Waals surface area (Å²) in [6.07, 6.45) is 2.68. The van der Waals surface area contributed by atoms with Crippen LogP contribution >= 0.6 is 0 Å². The van der Waals surface area contributed by atoms with Crippen LogP contribution in [-0.2, 0) is 4.79 Å². The second-order valence-electron chi connectivity index (χ2n) is 4.11. The molecule has 2 rings (SSSR count). The Hall–Kier alpha value is -1.91. The molecule has 0 heterocycles. The van der Waals surface area contributed by atoms with Gasteiger partial charge in [0.15, 0.2) is 0 Å². The fourth-order valence-corrected chi connectivity index (χ4v) is 1.71. The lowest BCUT2D eigenvalue weighted by atomic mass is 9.85. The number of nitrogens with one attached hydrogen (secondary N) is 1. The molecule has 1 aromatic carbocycles. The quantitative estimate of drug-likeness (QED) is 0.847. The van der Waals surface area contributed by atoms with Crippen LogP contribution in [0.15, 0.2) is 18.2 Å². The number of halogens is 1. The van der Waals surface area contributed by atoms with Gasteiger partial charge in [-0.1, -0.05) is 6.42 Å². The van der Waals surface area contributed by atoms with Crippen LogP contribution in [0.4, 0.5) is 10.1 Å². The summed E-state index contributed by atoms with van der Waals surface area (Å²) < 4.78 is 12.9. The third kappa shape index (κ3) is 2.43. The monoisotopic (exact) mass is 237 g/mol. The molecule has 0 atom stereocenters. The van der Waals surface area contributed by atoms with Gasteiger partial charge >= 0.3 is 5.97 Å². The second-order valence-corrected chi connectivity index (χ2v) is 4.11. The zero-order valence-electron chi connectivity index (χ0n) is 9.07. The number of rotatable bonds is 3. The molecule has 1 aliphatic rings. The number of aromatic carboxylic acids is 1. The Morgan fingerprint density at radius 3 is 2.59 bits per heavy atom. The predicted molar refractivity (Wildman–Crippen MR) is 59.3 cm³/mol. The summed E-state index contributed by atoms with van der Waals surface area (Å²) >= 11 is 0. The van der Waals surface area contributed by atoms with E-state index in [0.29, 0.717) is 0 Å². The van der Waals surface area contributed by atoms with E-state index in [2.05, 4.69) is 5.32 Å². The minimum Gasteiger partial charge on any atom is -0.478 e. The van der Waals surface area contributed by atoms with Gasteiger partial charge < -0.3 is 10.4 Å². The van der Waals surface area contributed by atoms with E-state index < -0.39 is 11.8 Å². The molecule has 90 valence electrons. The van der Waals surface area contributed by atoms with Crippen molar-refractivity contribution in [3.05, 3.63) is 29.6 Å². The molecular weight excluding hydrogens is 225 g/mol. The second kappa shape index (κ2) is 4.53. The van der Waals surface area contributed by atoms with Crippen molar-refractivity contribution in [2.75, 3.05) is 5.32 Å². The van der Waals surface area contributed by atoms with Crippen LogP contribution in [0.3, 0.4) is 0 Å². The summed E-state index contributed by atoms with van der Waals surface area (Å²) in [6, 6.07) is 3.30. The van der Waals surface area contributed by atoms with E-state index in [4.69, 9.17) is 5.11 Å². The average Bonchev–Trinajstić information content (AvgIpc) is 2.17. The molecule has 1 amide bonds. The third-order valence-electron chi connectivity index (χ3n) is 2.95. The summed E-state index contributed by atoms with van der Waals surface area (Å²) in [5.41, 5.74) is -0.0755. The highest BCUT2D eigenvalue weighted by Crippen LogP contribution is 2.28. The smallest absolute Gasteiger partial charge is 0.337 e. The molecule has 0 spiro atoms. The molecule has 0 saturated heterocycles. The maximum absolute atomic E-state index is 12.9. The topological polar surface area (TPSA) is 66.4 Å². The number of carbonyl (C=O) groups is 2. The maximum Gasteiger partial charge on any atom is 0.337 e. The van der Waals surface area contributed by atoms with Crippen LogP contribution < -0.4 is 5.32 Å². The SMILES string of the molecule is O=C(O)c1cc(F)ccc1NC(=O)C1CCC1. The number of hydrogen-bond acceptors (Lipinski definition) is 2. The first-order valence-corrected chi connectivity index (χ1v) is 5.41. The Labute approximate surface area is 97.4 Å². The van der Waals surface area contributed by atoms with Crippen molar-refractivity contribution in [2.24, 2.45) is 5.92 Å². The van der Waals surface area contributed by atoms with Crippen LogP contribution in [0.25, 0.3) is 0 Å². The van der Waals surface area contributed by atoms with E-state index in [-0.39, 0.29) is 23.1 Å². The Morgan fingerprint density at radius 2 is 2.06 bits per heavy atom. The minimum absolute atomic E-state index is 0.0401. The molecule has 5 heteroatoms. The van der Waals surface area contributed by atoms with Crippen molar-refractivity contribution in [3.8, 4) is 0 Å². The first kappa shape index (κ1) is 11.6. The molecule has 17 heavy (non-hydrogen) atoms. The van der Waals surface area contributed by atoms with E-state index in [1.165, 1.54) is 6.07 Å². The molecular formula is C12H12FNO3. The van der Waals surface area contributed by atoms with E-state index in [9.17, 15) is 14.0 Å². The summed E-state index contributed by atoms with van der Waals surface area (Å²) in [4.78, 5) is 22.5. The molecule has 2 N–H and O–H groups in total. The number of benzene rings is 1. The van der Waals surface area contributed by atoms with Crippen LogP contribution in [0.1, 0.15) is 29.6 Å². The lowest BCUT2D eigenvalue weighted by Crippen LogP contribution is -2.28. The molecule has 1 aliphatic carbocycles. The summed E-state index contributed by atoms with van der Waals surface area (Å²) in [5.74, 6) is -2.12. The highest BCUT2D eigenvalue weighted by molar-refractivity contribution is 6.01. The molecule has 1 aromatic rings. The highest BCUT2D eigenvalue weighted by atomic mass is 19.1. The third-order valence-corrected chi connectivity index (χ3v) is 2.95. The number of hydrogen-bond donors (Lipinski definition) is 2. The normalized spacial score (nSPS) is 15.1. The molecule has 1 fully saturated rings. The molecule has 1 saturated carbocycles. The van der Waals surface area contributed by atoms with Gasteiger partial charge in [-0.2, -0.15) is 0 Å². The lowest BCUT2D eigenvalue weighted by Gasteiger charge is -2.24. The van der Waals surface area contributed by atoms with Gasteiger partial charge in [0.25, 0.3) is 0 Å². The largest absolute Gasteiger partial charge is 0.478 e. The van der Waals surface area contributed by atoms with Crippen molar-refractivity contribution in [1.29, 1.82) is 0 Å². The van der Waals surface area contributed by atoms with Crippen molar-refractivity contribution in [2.45, 2.75) is 19.3 Å². The van der Waals surface area contributed by atoms with Gasteiger partial charge in [-0.05, 0) is 31.0 Å². The van der Waals surface area contributed by atoms with E-state index in [1.807, 2.05) is 0 Å². The zero-order chi connectivity index (χ0) is 12.4. The van der Waals surface area contributed by atoms with Crippen molar-refractivity contribution in [1.82, 2.24) is 0 Å². The van der Waals surface area contributed by atoms with Crippen LogP contribution in [0.2, 0.25) is 0 Å². The molecule has 0 unspecified atom stereocenters. The first-order valence-electron chi connectivity index (χ1n) is 5.41. The molecule has 0 aromatic heterocycles. The fraction of sp³-hybridized carbons (Fsp3) is 0.333. The van der Waals surface area contributed by atoms with Gasteiger partial charge in [0.1, 0.15) is 5.82 Å². The van der Waals surface area contributed by atoms with Gasteiger partial charge in [0.05, 0.1) is 11.3 Å². The van der Waals surface area contributed by atoms with Crippen molar-refractivity contribution in [3.63, 3.8) is 0 Å². The minimum atomic E-state index is -1.26. The Bertz CT molecular complexity index is 469. The van der Waals surface area contributed by atoms with Gasteiger partial charge in [0, 0.05) is 5.92 Å². The van der Waals surface area contributed by atoms with Crippen LogP contribution in [0, 0.1) is 11.7 Å². The Kier molecular flexibility index (Phi) is 3.08. The Morgan fingerprint density at radius 1 is 1.35 bits per heavy atom. The molecule has 0 aliphatic heterocycles. The van der Waals surface area contributed by atoms with Crippen LogP contribution in [-0.4, -0.2) is 17.0 Å². The fourth-order valence-electron chi connectivity index (χ4n) is 1.71. The predicted octanol–water partition coefficient (Wildman–Crippen LogP) is 2.26. The summed E-state index contributed by atoms with van der Waals surface area (Å²) in [6.45, 7) is 0. The average molecular weight is 237 g/mol. The van der Waals surface area contributed by atoms with Gasteiger partial charge in [0.2, 0.25) is 5.91 Å². The number of carboxylic acids is 1. The van der Waals surface area contributed by atoms with Gasteiger partial charge in [-0.15, -0.1) is 0 Å². The van der Waals surface area contributed by atoms with E-state index in [1.54, 1.807) is 0 Å². The number of carbonyl (C=O) groups excluding carboxylic acids is 1. The molecule has 0 radical (unpaired) electrons. The van der Waals surface area contributed by atoms with Crippen molar-refractivity contribution >= 4 is 17.6 Å². The maximum atomic E-state index is 12.9. The van der Waals surface area contributed by atoms with Gasteiger partial charge in [-0.25, -0.2) is 9.18 Å².